The van der Waals surface area contributed by atoms with Crippen LogP contribution in [-0.4, -0.2) is 19.5 Å². The van der Waals surface area contributed by atoms with Gasteiger partial charge in [-0.05, 0) is 64.6 Å². The summed E-state index contributed by atoms with van der Waals surface area (Å²) in [6.07, 6.45) is 0. The van der Waals surface area contributed by atoms with E-state index in [9.17, 15) is 4.11 Å². The van der Waals surface area contributed by atoms with Crippen molar-refractivity contribution in [2.24, 2.45) is 0 Å². The highest BCUT2D eigenvalue weighted by Gasteiger charge is 2.22. The monoisotopic (exact) mass is 746 g/mol. The molecule has 0 amide bonds. The molecular weight excluding hydrogens is 701 g/mol. The van der Waals surface area contributed by atoms with Crippen molar-refractivity contribution in [1.29, 1.82) is 0 Å². The van der Waals surface area contributed by atoms with Crippen LogP contribution in [0.2, 0.25) is 0 Å². The van der Waals surface area contributed by atoms with Gasteiger partial charge >= 0.3 is 0 Å². The van der Waals surface area contributed by atoms with E-state index >= 15 is 0 Å². The van der Waals surface area contributed by atoms with Crippen LogP contribution in [0.5, 0.6) is 0 Å². The molecule has 4 heterocycles. The fourth-order valence-corrected chi connectivity index (χ4v) is 7.53. The second-order valence-corrected chi connectivity index (χ2v) is 13.2. The standard InChI is InChI=1S/C51H30N4O2/c1-4-14-31(15-5-1)35-21-12-24-43-47(35)38-27-26-34(28-45(38)56-43)50-52-49(33-18-8-3-9-19-33)53-51(54-50)55-41-23-11-10-20-37(41)39-30-46-40(29-42(39)55)48-36(22-13-25-44(48)57-46)32-16-6-2-7-17-32/h1-30H/i1D,3D,4D,5D,8D,9D,12D,14D,15D,18D,19D,21D,24D,26D,27D,28D. The molecule has 0 unspecified atom stereocenters. The van der Waals surface area contributed by atoms with Crippen molar-refractivity contribution < 1.29 is 30.8 Å². The fourth-order valence-electron chi connectivity index (χ4n) is 7.53. The van der Waals surface area contributed by atoms with Gasteiger partial charge in [-0.3, -0.25) is 4.57 Å². The van der Waals surface area contributed by atoms with Crippen LogP contribution in [0, 0.1) is 0 Å². The van der Waals surface area contributed by atoms with Crippen LogP contribution in [0.1, 0.15) is 21.9 Å². The largest absolute Gasteiger partial charge is 0.456 e. The molecule has 57 heavy (non-hydrogen) atoms. The number of furan rings is 2. The minimum Gasteiger partial charge on any atom is -0.456 e. The van der Waals surface area contributed by atoms with Crippen LogP contribution in [-0.2, 0) is 0 Å². The average Bonchev–Trinajstić information content (AvgIpc) is 4.09. The minimum absolute atomic E-state index is 0.182. The summed E-state index contributed by atoms with van der Waals surface area (Å²) >= 11 is 0. The van der Waals surface area contributed by atoms with E-state index in [1.54, 1.807) is 16.7 Å². The highest BCUT2D eigenvalue weighted by molar-refractivity contribution is 6.19. The summed E-state index contributed by atoms with van der Waals surface area (Å²) in [5.74, 6) is -1.10. The number of para-hydroxylation sites is 1. The lowest BCUT2D eigenvalue weighted by atomic mass is 9.99. The van der Waals surface area contributed by atoms with E-state index in [1.165, 1.54) is 0 Å². The third kappa shape index (κ3) is 4.94. The molecule has 6 heteroatoms. The third-order valence-electron chi connectivity index (χ3n) is 9.97. The Balaban J connectivity index is 1.20. The maximum atomic E-state index is 9.70. The van der Waals surface area contributed by atoms with Gasteiger partial charge in [-0.1, -0.05) is 139 Å². The fraction of sp³-hybridized carbons (Fsp3) is 0. The Bertz CT molecular complexity index is 4420. The SMILES string of the molecule is [2H]c1c([2H])c([2H])c(-c2nc(-c3c([2H])c([2H])c4c(oc5c([2H])c([2H])c([2H])c(-c6c([2H])c([2H])c([2H])c([2H])c6[2H])c54)c3[2H])nc(-n3c4ccccc4c4cc5oc6cccc(-c7ccccc7)c6c5cc43)n2)c([2H])c1[2H]. The second-order valence-electron chi connectivity index (χ2n) is 13.2. The van der Waals surface area contributed by atoms with Crippen LogP contribution < -0.4 is 0 Å². The van der Waals surface area contributed by atoms with Crippen molar-refractivity contribution in [2.75, 3.05) is 0 Å². The average molecular weight is 747 g/mol. The second kappa shape index (κ2) is 12.3. The Kier molecular flexibility index (Phi) is 4.26. The summed E-state index contributed by atoms with van der Waals surface area (Å²) in [5.41, 5.74) is 1.34. The molecule has 0 saturated carbocycles. The van der Waals surface area contributed by atoms with E-state index in [1.807, 2.05) is 72.8 Å². The topological polar surface area (TPSA) is 69.9 Å². The van der Waals surface area contributed by atoms with Gasteiger partial charge in [0.05, 0.1) is 33.0 Å². The van der Waals surface area contributed by atoms with Crippen molar-refractivity contribution in [3.05, 3.63) is 182 Å². The predicted molar refractivity (Wildman–Crippen MR) is 230 cm³/mol. The molecule has 12 aromatic rings. The summed E-state index contributed by atoms with van der Waals surface area (Å²) in [6, 6.07) is 15.4. The maximum Gasteiger partial charge on any atom is 0.238 e. The van der Waals surface area contributed by atoms with Gasteiger partial charge in [0.1, 0.15) is 22.3 Å². The number of fused-ring (bicyclic) bond motifs is 9. The van der Waals surface area contributed by atoms with E-state index < -0.39 is 142 Å². The molecule has 0 aliphatic carbocycles. The van der Waals surface area contributed by atoms with E-state index in [0.29, 0.717) is 27.6 Å². The van der Waals surface area contributed by atoms with Crippen molar-refractivity contribution in [2.45, 2.75) is 0 Å². The van der Waals surface area contributed by atoms with Gasteiger partial charge in [-0.25, -0.2) is 4.98 Å². The summed E-state index contributed by atoms with van der Waals surface area (Å²) in [5, 5.41) is 2.31. The smallest absolute Gasteiger partial charge is 0.238 e. The molecular formula is C51H30N4O2. The highest BCUT2D eigenvalue weighted by Crippen LogP contribution is 2.42. The van der Waals surface area contributed by atoms with E-state index in [-0.39, 0.29) is 16.7 Å². The maximum absolute atomic E-state index is 9.70. The zero-order valence-corrected chi connectivity index (χ0v) is 29.2. The quantitative estimate of drug-likeness (QED) is 0.175. The number of hydrogen-bond donors (Lipinski definition) is 0. The summed E-state index contributed by atoms with van der Waals surface area (Å²) in [6.45, 7) is 0. The molecule has 0 fully saturated rings. The van der Waals surface area contributed by atoms with Crippen LogP contribution in [0.15, 0.2) is 190 Å². The first kappa shape index (κ1) is 19.7. The number of rotatable bonds is 5. The van der Waals surface area contributed by atoms with E-state index in [4.69, 9.17) is 36.6 Å². The van der Waals surface area contributed by atoms with Crippen LogP contribution in [0.3, 0.4) is 0 Å². The summed E-state index contributed by atoms with van der Waals surface area (Å²) in [7, 11) is 0. The number of aromatic nitrogens is 4. The Morgan fingerprint density at radius 2 is 1.16 bits per heavy atom. The molecule has 6 nitrogen and oxygen atoms in total. The zero-order chi connectivity index (χ0) is 51.4. The van der Waals surface area contributed by atoms with E-state index in [2.05, 4.69) is 4.98 Å². The molecule has 0 aliphatic rings. The number of nitrogens with zero attached hydrogens (tertiary/aromatic N) is 4. The van der Waals surface area contributed by atoms with Gasteiger partial charge in [0, 0.05) is 43.4 Å². The summed E-state index contributed by atoms with van der Waals surface area (Å²) in [4.78, 5) is 14.3. The van der Waals surface area contributed by atoms with Crippen molar-refractivity contribution in [3.63, 3.8) is 0 Å². The number of benzene rings is 8. The normalized spacial score (nSPS) is 15.8. The first-order chi connectivity index (χ1) is 34.9. The van der Waals surface area contributed by atoms with Gasteiger partial charge in [0.25, 0.3) is 0 Å². The lowest BCUT2D eigenvalue weighted by Gasteiger charge is -2.11. The van der Waals surface area contributed by atoms with Gasteiger partial charge in [0.2, 0.25) is 5.95 Å². The molecule has 0 saturated heterocycles. The van der Waals surface area contributed by atoms with Crippen LogP contribution in [0.25, 0.3) is 117 Å². The molecule has 4 aromatic heterocycles. The molecule has 0 radical (unpaired) electrons. The minimum atomic E-state index is -0.753. The molecule has 266 valence electrons. The van der Waals surface area contributed by atoms with Crippen molar-refractivity contribution >= 4 is 65.7 Å². The lowest BCUT2D eigenvalue weighted by Crippen LogP contribution is -2.06. The van der Waals surface area contributed by atoms with Gasteiger partial charge < -0.3 is 8.83 Å². The van der Waals surface area contributed by atoms with Gasteiger partial charge in [-0.15, -0.1) is 0 Å². The van der Waals surface area contributed by atoms with E-state index in [0.717, 1.165) is 27.3 Å². The molecule has 0 N–H and O–H groups in total. The Morgan fingerprint density at radius 3 is 2.00 bits per heavy atom. The van der Waals surface area contributed by atoms with Crippen molar-refractivity contribution in [1.82, 2.24) is 19.5 Å². The Labute approximate surface area is 348 Å². The molecule has 0 aliphatic heterocycles. The van der Waals surface area contributed by atoms with Crippen molar-refractivity contribution in [3.8, 4) is 51.0 Å². The Hall–Kier alpha value is -7.83. The zero-order valence-electron chi connectivity index (χ0n) is 45.2. The third-order valence-corrected chi connectivity index (χ3v) is 9.97. The Morgan fingerprint density at radius 1 is 0.421 bits per heavy atom. The lowest BCUT2D eigenvalue weighted by molar-refractivity contribution is 0.669. The van der Waals surface area contributed by atoms with Gasteiger partial charge in [-0.2, -0.15) is 9.97 Å². The molecule has 0 spiro atoms. The highest BCUT2D eigenvalue weighted by atomic mass is 16.3. The van der Waals surface area contributed by atoms with Crippen LogP contribution in [0.4, 0.5) is 0 Å². The molecule has 12 rings (SSSR count). The molecule has 0 bridgehead atoms. The van der Waals surface area contributed by atoms with Gasteiger partial charge in [0.15, 0.2) is 11.6 Å². The first-order valence-corrected chi connectivity index (χ1v) is 17.7. The first-order valence-electron chi connectivity index (χ1n) is 25.7. The van der Waals surface area contributed by atoms with Crippen LogP contribution >= 0.6 is 0 Å². The predicted octanol–water partition coefficient (Wildman–Crippen LogP) is 13.4. The summed E-state index contributed by atoms with van der Waals surface area (Å²) < 4.78 is 155. The molecule has 8 aromatic carbocycles. The number of hydrogen-bond acceptors (Lipinski definition) is 5. The molecule has 0 atom stereocenters.